The lowest BCUT2D eigenvalue weighted by atomic mass is 10.2. The third-order valence-electron chi connectivity index (χ3n) is 3.23. The van der Waals surface area contributed by atoms with Crippen molar-refractivity contribution in [1.82, 2.24) is 10.2 Å². The summed E-state index contributed by atoms with van der Waals surface area (Å²) >= 11 is 11.8. The zero-order valence-electron chi connectivity index (χ0n) is 13.4. The summed E-state index contributed by atoms with van der Waals surface area (Å²) in [7, 11) is 1.72. The molecule has 0 bridgehead atoms. The van der Waals surface area contributed by atoms with E-state index < -0.39 is 17.8 Å². The molecule has 0 heterocycles. The van der Waals surface area contributed by atoms with Gasteiger partial charge >= 0.3 is 6.03 Å². The topological polar surface area (TPSA) is 61.4 Å². The minimum Gasteiger partial charge on any atom is -0.305 e. The Kier molecular flexibility index (Phi) is 6.75. The number of urea groups is 1. The molecular weight excluding hydrogens is 368 g/mol. The molecule has 0 radical (unpaired) electrons. The van der Waals surface area contributed by atoms with Crippen molar-refractivity contribution in [3.05, 3.63) is 63.9 Å². The van der Waals surface area contributed by atoms with E-state index >= 15 is 0 Å². The van der Waals surface area contributed by atoms with Crippen LogP contribution in [0, 0.1) is 5.82 Å². The molecule has 0 atom stereocenters. The van der Waals surface area contributed by atoms with Gasteiger partial charge in [0, 0.05) is 6.54 Å². The summed E-state index contributed by atoms with van der Waals surface area (Å²) in [6.45, 7) is 0.421. The lowest BCUT2D eigenvalue weighted by molar-refractivity contribution is -0.120. The van der Waals surface area contributed by atoms with Crippen molar-refractivity contribution in [2.75, 3.05) is 18.9 Å². The quantitative estimate of drug-likeness (QED) is 0.822. The lowest BCUT2D eigenvalue weighted by Crippen LogP contribution is -2.40. The minimum atomic E-state index is -0.793. The summed E-state index contributed by atoms with van der Waals surface area (Å²) in [6.07, 6.45) is 0. The SMILES string of the molecule is CN(CC(=O)NC(=O)Nc1ccccc1F)Cc1ccc(Cl)c(Cl)c1. The van der Waals surface area contributed by atoms with Crippen LogP contribution in [0.25, 0.3) is 0 Å². The van der Waals surface area contributed by atoms with Crippen LogP contribution in [0.15, 0.2) is 42.5 Å². The molecule has 0 aliphatic rings. The molecule has 2 rings (SSSR count). The van der Waals surface area contributed by atoms with Gasteiger partial charge in [0.1, 0.15) is 5.82 Å². The molecule has 0 saturated heterocycles. The number of carbonyl (C=O) groups is 2. The smallest absolute Gasteiger partial charge is 0.305 e. The van der Waals surface area contributed by atoms with Crippen molar-refractivity contribution in [1.29, 1.82) is 0 Å². The largest absolute Gasteiger partial charge is 0.326 e. The van der Waals surface area contributed by atoms with Crippen molar-refractivity contribution in [3.63, 3.8) is 0 Å². The summed E-state index contributed by atoms with van der Waals surface area (Å²) in [5.74, 6) is -1.10. The highest BCUT2D eigenvalue weighted by atomic mass is 35.5. The second kappa shape index (κ2) is 8.80. The van der Waals surface area contributed by atoms with Gasteiger partial charge in [0.25, 0.3) is 0 Å². The first-order chi connectivity index (χ1) is 11.8. The number of amides is 3. The van der Waals surface area contributed by atoms with E-state index in [9.17, 15) is 14.0 Å². The van der Waals surface area contributed by atoms with E-state index in [4.69, 9.17) is 23.2 Å². The van der Waals surface area contributed by atoms with Gasteiger partial charge in [-0.15, -0.1) is 0 Å². The summed E-state index contributed by atoms with van der Waals surface area (Å²) in [5, 5.41) is 5.32. The number of benzene rings is 2. The van der Waals surface area contributed by atoms with Crippen LogP contribution in [0.2, 0.25) is 10.0 Å². The van der Waals surface area contributed by atoms with E-state index in [-0.39, 0.29) is 12.2 Å². The van der Waals surface area contributed by atoms with Gasteiger partial charge in [-0.1, -0.05) is 41.4 Å². The molecule has 8 heteroatoms. The normalized spacial score (nSPS) is 10.6. The van der Waals surface area contributed by atoms with Crippen LogP contribution in [-0.4, -0.2) is 30.4 Å². The molecule has 0 aliphatic heterocycles. The maximum atomic E-state index is 13.4. The molecule has 0 fully saturated rings. The summed E-state index contributed by atoms with van der Waals surface area (Å²) in [6, 6.07) is 10.1. The molecule has 5 nitrogen and oxygen atoms in total. The van der Waals surface area contributed by atoms with Crippen molar-refractivity contribution in [2.45, 2.75) is 6.54 Å². The number of nitrogens with one attached hydrogen (secondary N) is 2. The Morgan fingerprint density at radius 3 is 2.52 bits per heavy atom. The van der Waals surface area contributed by atoms with Crippen LogP contribution in [0.3, 0.4) is 0 Å². The molecule has 2 aromatic rings. The lowest BCUT2D eigenvalue weighted by Gasteiger charge is -2.16. The molecule has 0 aliphatic carbocycles. The predicted octanol–water partition coefficient (Wildman–Crippen LogP) is 3.91. The number of anilines is 1. The maximum absolute atomic E-state index is 13.4. The second-order valence-electron chi connectivity index (χ2n) is 5.40. The van der Waals surface area contributed by atoms with Gasteiger partial charge in [-0.3, -0.25) is 15.0 Å². The highest BCUT2D eigenvalue weighted by molar-refractivity contribution is 6.42. The zero-order chi connectivity index (χ0) is 18.4. The molecule has 25 heavy (non-hydrogen) atoms. The van der Waals surface area contributed by atoms with Crippen molar-refractivity contribution in [2.24, 2.45) is 0 Å². The number of imide groups is 1. The Morgan fingerprint density at radius 2 is 1.84 bits per heavy atom. The van der Waals surface area contributed by atoms with Gasteiger partial charge < -0.3 is 5.32 Å². The number of nitrogens with zero attached hydrogens (tertiary/aromatic N) is 1. The molecule has 132 valence electrons. The van der Waals surface area contributed by atoms with E-state index in [2.05, 4.69) is 10.6 Å². The maximum Gasteiger partial charge on any atom is 0.326 e. The number of hydrogen-bond acceptors (Lipinski definition) is 3. The second-order valence-corrected chi connectivity index (χ2v) is 6.22. The first-order valence-electron chi connectivity index (χ1n) is 7.33. The average Bonchev–Trinajstić information content (AvgIpc) is 2.52. The van der Waals surface area contributed by atoms with Gasteiger partial charge in [0.15, 0.2) is 0 Å². The van der Waals surface area contributed by atoms with Crippen molar-refractivity contribution in [3.8, 4) is 0 Å². The Labute approximate surface area is 154 Å². The Morgan fingerprint density at radius 1 is 1.12 bits per heavy atom. The van der Waals surface area contributed by atoms with Crippen molar-refractivity contribution < 1.29 is 14.0 Å². The Balaban J connectivity index is 1.83. The zero-order valence-corrected chi connectivity index (χ0v) is 14.9. The third-order valence-corrected chi connectivity index (χ3v) is 3.96. The van der Waals surface area contributed by atoms with Crippen LogP contribution >= 0.6 is 23.2 Å². The molecule has 0 aromatic heterocycles. The average molecular weight is 384 g/mol. The fraction of sp³-hybridized carbons (Fsp3) is 0.176. The predicted molar refractivity (Wildman–Crippen MR) is 96.4 cm³/mol. The molecule has 3 amide bonds. The van der Waals surface area contributed by atoms with Crippen LogP contribution in [0.4, 0.5) is 14.9 Å². The van der Waals surface area contributed by atoms with Crippen LogP contribution in [-0.2, 0) is 11.3 Å². The number of likely N-dealkylation sites (N-methyl/N-ethyl adjacent to an activating group) is 1. The number of rotatable bonds is 5. The number of para-hydroxylation sites is 1. The van der Waals surface area contributed by atoms with E-state index in [0.29, 0.717) is 16.6 Å². The van der Waals surface area contributed by atoms with E-state index in [1.165, 1.54) is 18.2 Å². The molecule has 2 N–H and O–H groups in total. The van der Waals surface area contributed by atoms with Gasteiger partial charge in [0.05, 0.1) is 22.3 Å². The molecule has 0 saturated carbocycles. The fourth-order valence-corrected chi connectivity index (χ4v) is 2.45. The first-order valence-corrected chi connectivity index (χ1v) is 8.08. The molecular formula is C17H16Cl2FN3O2. The van der Waals surface area contributed by atoms with E-state index in [0.717, 1.165) is 5.56 Å². The highest BCUT2D eigenvalue weighted by Gasteiger charge is 2.12. The van der Waals surface area contributed by atoms with Gasteiger partial charge in [-0.05, 0) is 36.9 Å². The molecule has 0 spiro atoms. The summed E-state index contributed by atoms with van der Waals surface area (Å²) < 4.78 is 13.4. The Bertz CT molecular complexity index is 786. The van der Waals surface area contributed by atoms with Crippen LogP contribution in [0.5, 0.6) is 0 Å². The molecule has 0 unspecified atom stereocenters. The van der Waals surface area contributed by atoms with E-state index in [1.807, 2.05) is 0 Å². The van der Waals surface area contributed by atoms with Gasteiger partial charge in [-0.2, -0.15) is 0 Å². The fourth-order valence-electron chi connectivity index (χ4n) is 2.13. The monoisotopic (exact) mass is 383 g/mol. The summed E-state index contributed by atoms with van der Waals surface area (Å²) in [4.78, 5) is 25.3. The van der Waals surface area contributed by atoms with Gasteiger partial charge in [-0.25, -0.2) is 9.18 Å². The van der Waals surface area contributed by atoms with Crippen LogP contribution in [0.1, 0.15) is 5.56 Å². The number of hydrogen-bond donors (Lipinski definition) is 2. The summed E-state index contributed by atoms with van der Waals surface area (Å²) in [5.41, 5.74) is 0.873. The standard InChI is InChI=1S/C17H16Cl2FN3O2/c1-23(9-11-6-7-12(18)13(19)8-11)10-16(24)22-17(25)21-15-5-3-2-4-14(15)20/h2-8H,9-10H2,1H3,(H2,21,22,24,25). The van der Waals surface area contributed by atoms with Gasteiger partial charge in [0.2, 0.25) is 5.91 Å². The van der Waals surface area contributed by atoms with Crippen LogP contribution < -0.4 is 10.6 Å². The van der Waals surface area contributed by atoms with Crippen molar-refractivity contribution >= 4 is 40.8 Å². The van der Waals surface area contributed by atoms with E-state index in [1.54, 1.807) is 36.2 Å². The first kappa shape index (κ1) is 19.2. The minimum absolute atomic E-state index is 0.00281. The highest BCUT2D eigenvalue weighted by Crippen LogP contribution is 2.23. The number of halogens is 3. The molecule has 2 aromatic carbocycles. The third kappa shape index (κ3) is 6.01. The Hall–Kier alpha value is -2.15. The number of carbonyl (C=O) groups excluding carboxylic acids is 2.